The molecule has 0 unspecified atom stereocenters. The second-order valence-corrected chi connectivity index (χ2v) is 3.23. The van der Waals surface area contributed by atoms with Crippen molar-refractivity contribution in [2.45, 2.75) is 6.92 Å². The van der Waals surface area contributed by atoms with Gasteiger partial charge in [0.05, 0.1) is 5.56 Å². The highest BCUT2D eigenvalue weighted by atomic mass is 19.1. The predicted molar refractivity (Wildman–Crippen MR) is 59.4 cm³/mol. The van der Waals surface area contributed by atoms with Crippen molar-refractivity contribution in [3.8, 4) is 0 Å². The van der Waals surface area contributed by atoms with Crippen LogP contribution in [0.4, 0.5) is 8.78 Å². The van der Waals surface area contributed by atoms with E-state index >= 15 is 0 Å². The van der Waals surface area contributed by atoms with Crippen molar-refractivity contribution in [3.63, 3.8) is 0 Å². The largest absolute Gasteiger partial charge is 0.294 e. The third-order valence-corrected chi connectivity index (χ3v) is 2.01. The highest BCUT2D eigenvalue weighted by Crippen LogP contribution is 2.16. The summed E-state index contributed by atoms with van der Waals surface area (Å²) in [5, 5.41) is 3.22. The zero-order valence-corrected chi connectivity index (χ0v) is 9.02. The Morgan fingerprint density at radius 2 is 2.18 bits per heavy atom. The molecule has 0 aliphatic heterocycles. The lowest BCUT2D eigenvalue weighted by Gasteiger charge is -2.02. The van der Waals surface area contributed by atoms with Gasteiger partial charge in [0.2, 0.25) is 0 Å². The monoisotopic (exact) mass is 237 g/mol. The van der Waals surface area contributed by atoms with Gasteiger partial charge in [0.25, 0.3) is 0 Å². The van der Waals surface area contributed by atoms with E-state index in [1.807, 2.05) is 0 Å². The van der Waals surface area contributed by atoms with E-state index in [0.717, 1.165) is 6.07 Å². The predicted octanol–water partition coefficient (Wildman–Crippen LogP) is 3.49. The van der Waals surface area contributed by atoms with Crippen molar-refractivity contribution in [2.24, 2.45) is 5.11 Å². The number of hydrogen-bond acceptors (Lipinski definition) is 2. The van der Waals surface area contributed by atoms with Gasteiger partial charge < -0.3 is 0 Å². The van der Waals surface area contributed by atoms with Crippen molar-refractivity contribution >= 4 is 11.9 Å². The standard InChI is InChI=1S/C11H9F2N3O/c1-7(17)9-5-8(3-2-4-15-16-14)10(12)6-11(9)13/h2-3,5-6H,4H2,1H3. The lowest BCUT2D eigenvalue weighted by atomic mass is 10.1. The lowest BCUT2D eigenvalue weighted by Crippen LogP contribution is -1.99. The van der Waals surface area contributed by atoms with Crippen LogP contribution in [0.25, 0.3) is 16.5 Å². The van der Waals surface area contributed by atoms with E-state index in [1.165, 1.54) is 19.1 Å². The van der Waals surface area contributed by atoms with E-state index in [2.05, 4.69) is 10.0 Å². The second-order valence-electron chi connectivity index (χ2n) is 3.23. The maximum absolute atomic E-state index is 13.3. The molecule has 0 heterocycles. The molecule has 0 saturated heterocycles. The molecule has 0 amide bonds. The first-order chi connectivity index (χ1) is 8.06. The van der Waals surface area contributed by atoms with E-state index in [0.29, 0.717) is 6.07 Å². The highest BCUT2D eigenvalue weighted by Gasteiger charge is 2.11. The number of halogens is 2. The van der Waals surface area contributed by atoms with Crippen LogP contribution in [0.1, 0.15) is 22.8 Å². The molecule has 1 aromatic rings. The molecule has 0 saturated carbocycles. The van der Waals surface area contributed by atoms with Crippen molar-refractivity contribution in [2.75, 3.05) is 6.54 Å². The van der Waals surface area contributed by atoms with Crippen LogP contribution in [-0.4, -0.2) is 12.3 Å². The Labute approximate surface area is 96.2 Å². The van der Waals surface area contributed by atoms with Crippen molar-refractivity contribution in [1.82, 2.24) is 0 Å². The SMILES string of the molecule is CC(=O)c1cc(C=CCN=[N+]=[N-])c(F)cc1F. The lowest BCUT2D eigenvalue weighted by molar-refractivity contribution is 0.101. The zero-order chi connectivity index (χ0) is 12.8. The summed E-state index contributed by atoms with van der Waals surface area (Å²) in [6.07, 6.45) is 2.75. The Morgan fingerprint density at radius 1 is 1.47 bits per heavy atom. The molecule has 0 aromatic heterocycles. The maximum atomic E-state index is 13.3. The average molecular weight is 237 g/mol. The van der Waals surface area contributed by atoms with E-state index < -0.39 is 17.4 Å². The third-order valence-electron chi connectivity index (χ3n) is 2.01. The van der Waals surface area contributed by atoms with E-state index in [1.54, 1.807) is 0 Å². The van der Waals surface area contributed by atoms with Crippen LogP contribution in [0.2, 0.25) is 0 Å². The van der Waals surface area contributed by atoms with Crippen molar-refractivity contribution in [1.29, 1.82) is 0 Å². The minimum atomic E-state index is -0.887. The van der Waals surface area contributed by atoms with Crippen LogP contribution in [0.15, 0.2) is 23.3 Å². The number of rotatable bonds is 4. The summed E-state index contributed by atoms with van der Waals surface area (Å²) >= 11 is 0. The fraction of sp³-hybridized carbons (Fsp3) is 0.182. The average Bonchev–Trinajstić information content (AvgIpc) is 2.26. The molecule has 6 heteroatoms. The number of carbonyl (C=O) groups is 1. The molecule has 0 radical (unpaired) electrons. The molecule has 0 aliphatic rings. The van der Waals surface area contributed by atoms with E-state index in [4.69, 9.17) is 5.53 Å². The van der Waals surface area contributed by atoms with E-state index in [-0.39, 0.29) is 17.7 Å². The molecule has 0 fully saturated rings. The number of azide groups is 1. The fourth-order valence-electron chi connectivity index (χ4n) is 1.23. The third kappa shape index (κ3) is 3.39. The molecule has 1 rings (SSSR count). The molecule has 4 nitrogen and oxygen atoms in total. The Bertz CT molecular complexity index is 520. The minimum absolute atomic E-state index is 0.0583. The fourth-order valence-corrected chi connectivity index (χ4v) is 1.23. The van der Waals surface area contributed by atoms with Crippen molar-refractivity contribution in [3.05, 3.63) is 51.4 Å². The van der Waals surface area contributed by atoms with Gasteiger partial charge in [0.1, 0.15) is 11.6 Å². The van der Waals surface area contributed by atoms with Crippen molar-refractivity contribution < 1.29 is 13.6 Å². The van der Waals surface area contributed by atoms with Crippen LogP contribution in [0, 0.1) is 11.6 Å². The van der Waals surface area contributed by atoms with E-state index in [9.17, 15) is 13.6 Å². The van der Waals surface area contributed by atoms with Gasteiger partial charge in [-0.3, -0.25) is 4.79 Å². The van der Waals surface area contributed by atoms with Gasteiger partial charge in [-0.15, -0.1) is 0 Å². The summed E-state index contributed by atoms with van der Waals surface area (Å²) in [5.74, 6) is -2.14. The summed E-state index contributed by atoms with van der Waals surface area (Å²) in [7, 11) is 0. The van der Waals surface area contributed by atoms with Gasteiger partial charge in [-0.25, -0.2) is 8.78 Å². The van der Waals surface area contributed by atoms with Gasteiger partial charge >= 0.3 is 0 Å². The Morgan fingerprint density at radius 3 is 2.76 bits per heavy atom. The maximum Gasteiger partial charge on any atom is 0.162 e. The number of Topliss-reactive ketones (excluding diaryl/α,β-unsaturated/α-hetero) is 1. The molecule has 0 aliphatic carbocycles. The first-order valence-corrected chi connectivity index (χ1v) is 4.73. The molecular weight excluding hydrogens is 228 g/mol. The molecule has 1 aromatic carbocycles. The number of carbonyl (C=O) groups excluding carboxylic acids is 1. The molecule has 0 N–H and O–H groups in total. The summed E-state index contributed by atoms with van der Waals surface area (Å²) in [6.45, 7) is 1.26. The second kappa shape index (κ2) is 5.77. The van der Waals surface area contributed by atoms with Gasteiger partial charge in [0, 0.05) is 23.1 Å². The summed E-state index contributed by atoms with van der Waals surface area (Å²) in [4.78, 5) is 13.6. The normalized spacial score (nSPS) is 10.3. The summed E-state index contributed by atoms with van der Waals surface area (Å²) in [6, 6.07) is 1.78. The number of ketones is 1. The number of benzene rings is 1. The summed E-state index contributed by atoms with van der Waals surface area (Å²) < 4.78 is 26.5. The zero-order valence-electron chi connectivity index (χ0n) is 9.02. The number of hydrogen-bond donors (Lipinski definition) is 0. The van der Waals surface area contributed by atoms with Crippen LogP contribution in [0.5, 0.6) is 0 Å². The molecule has 17 heavy (non-hydrogen) atoms. The van der Waals surface area contributed by atoms with Crippen LogP contribution < -0.4 is 0 Å². The Hall–Kier alpha value is -2.20. The van der Waals surface area contributed by atoms with Crippen LogP contribution in [-0.2, 0) is 0 Å². The Kier molecular flexibility index (Phi) is 4.37. The minimum Gasteiger partial charge on any atom is -0.294 e. The summed E-state index contributed by atoms with van der Waals surface area (Å²) in [5.41, 5.74) is 7.93. The molecule has 88 valence electrons. The topological polar surface area (TPSA) is 65.8 Å². The van der Waals surface area contributed by atoms with Gasteiger partial charge in [-0.2, -0.15) is 0 Å². The smallest absolute Gasteiger partial charge is 0.162 e. The first kappa shape index (κ1) is 12.9. The number of nitrogens with zero attached hydrogens (tertiary/aromatic N) is 3. The molecule has 0 spiro atoms. The van der Waals surface area contributed by atoms with Crippen LogP contribution in [0.3, 0.4) is 0 Å². The molecule has 0 bridgehead atoms. The van der Waals surface area contributed by atoms with Crippen LogP contribution >= 0.6 is 0 Å². The molecule has 0 atom stereocenters. The van der Waals surface area contributed by atoms with Gasteiger partial charge in [-0.05, 0) is 18.5 Å². The van der Waals surface area contributed by atoms with Gasteiger partial charge in [0.15, 0.2) is 5.78 Å². The molecular formula is C11H9F2N3O. The Balaban J connectivity index is 3.07. The first-order valence-electron chi connectivity index (χ1n) is 4.73. The van der Waals surface area contributed by atoms with Gasteiger partial charge in [-0.1, -0.05) is 17.3 Å². The quantitative estimate of drug-likeness (QED) is 0.342. The highest BCUT2D eigenvalue weighted by molar-refractivity contribution is 5.94.